The lowest BCUT2D eigenvalue weighted by molar-refractivity contribution is -0.133. The normalized spacial score (nSPS) is 19.7. The lowest BCUT2D eigenvalue weighted by atomic mass is 9.92. The van der Waals surface area contributed by atoms with Crippen LogP contribution in [0.15, 0.2) is 24.3 Å². The summed E-state index contributed by atoms with van der Waals surface area (Å²) in [5.41, 5.74) is 0.346. The van der Waals surface area contributed by atoms with Gasteiger partial charge < -0.3 is 15.4 Å². The van der Waals surface area contributed by atoms with Gasteiger partial charge in [0.2, 0.25) is 5.91 Å². The number of rotatable bonds is 6. The third-order valence-electron chi connectivity index (χ3n) is 5.64. The Hall–Kier alpha value is -2.91. The Bertz CT molecular complexity index is 1130. The van der Waals surface area contributed by atoms with Crippen molar-refractivity contribution in [3.8, 4) is 0 Å². The number of nitrogens with zero attached hydrogens (tertiary/aromatic N) is 1. The second kappa shape index (κ2) is 8.55. The average Bonchev–Trinajstić information content (AvgIpc) is 3.37. The van der Waals surface area contributed by atoms with Crippen molar-refractivity contribution in [2.24, 2.45) is 0 Å². The number of aryl methyl sites for hydroxylation is 1. The van der Waals surface area contributed by atoms with Crippen molar-refractivity contribution >= 4 is 51.8 Å². The van der Waals surface area contributed by atoms with Gasteiger partial charge in [-0.1, -0.05) is 29.8 Å². The van der Waals surface area contributed by atoms with Crippen molar-refractivity contribution in [3.63, 3.8) is 0 Å². The maximum Gasteiger partial charge on any atom is 0.341 e. The van der Waals surface area contributed by atoms with Gasteiger partial charge in [0.1, 0.15) is 17.1 Å². The summed E-state index contributed by atoms with van der Waals surface area (Å²) in [4.78, 5) is 52.8. The minimum atomic E-state index is -1.38. The molecule has 1 unspecified atom stereocenters. The predicted octanol–water partition coefficient (Wildman–Crippen LogP) is 3.47. The molecule has 32 heavy (non-hydrogen) atoms. The largest absolute Gasteiger partial charge is 0.462 e. The Morgan fingerprint density at radius 3 is 2.75 bits per heavy atom. The number of hydrogen-bond donors (Lipinski definition) is 2. The van der Waals surface area contributed by atoms with E-state index in [0.717, 1.165) is 34.6 Å². The van der Waals surface area contributed by atoms with E-state index in [1.807, 2.05) is 0 Å². The molecule has 1 aliphatic carbocycles. The SMILES string of the molecule is CCOC(=O)c1c(NC(=O)CN2C(=O)NC(C)(c3ccccc3Cl)C2=O)sc2c1CCC2. The molecule has 168 valence electrons. The van der Waals surface area contributed by atoms with Crippen LogP contribution in [0.4, 0.5) is 9.80 Å². The number of carbonyl (C=O) groups excluding carboxylic acids is 4. The van der Waals surface area contributed by atoms with E-state index >= 15 is 0 Å². The highest BCUT2D eigenvalue weighted by Crippen LogP contribution is 2.39. The molecule has 1 aromatic heterocycles. The van der Waals surface area contributed by atoms with Crippen molar-refractivity contribution in [1.29, 1.82) is 0 Å². The Morgan fingerprint density at radius 2 is 2.03 bits per heavy atom. The fourth-order valence-corrected chi connectivity index (χ4v) is 5.73. The van der Waals surface area contributed by atoms with Crippen molar-refractivity contribution in [2.75, 3.05) is 18.5 Å². The van der Waals surface area contributed by atoms with Gasteiger partial charge in [-0.05, 0) is 44.7 Å². The number of hydrogen-bond acceptors (Lipinski definition) is 6. The van der Waals surface area contributed by atoms with Crippen LogP contribution in [0.2, 0.25) is 5.02 Å². The third kappa shape index (κ3) is 3.75. The second-order valence-electron chi connectivity index (χ2n) is 7.76. The molecular formula is C22H22ClN3O5S. The quantitative estimate of drug-likeness (QED) is 0.491. The molecule has 1 fully saturated rings. The zero-order valence-corrected chi connectivity index (χ0v) is 19.2. The summed E-state index contributed by atoms with van der Waals surface area (Å²) in [5, 5.41) is 6.06. The number of esters is 1. The molecule has 0 spiro atoms. The molecule has 0 bridgehead atoms. The second-order valence-corrected chi connectivity index (χ2v) is 9.27. The highest BCUT2D eigenvalue weighted by Gasteiger charge is 2.50. The predicted molar refractivity (Wildman–Crippen MR) is 120 cm³/mol. The first-order valence-electron chi connectivity index (χ1n) is 10.3. The number of carbonyl (C=O) groups is 4. The molecule has 4 amide bonds. The molecule has 10 heteroatoms. The molecule has 0 radical (unpaired) electrons. The van der Waals surface area contributed by atoms with Crippen molar-refractivity contribution in [3.05, 3.63) is 50.9 Å². The van der Waals surface area contributed by atoms with Gasteiger partial charge in [0.05, 0.1) is 12.2 Å². The first kappa shape index (κ1) is 22.3. The van der Waals surface area contributed by atoms with Gasteiger partial charge in [-0.2, -0.15) is 0 Å². The maximum atomic E-state index is 13.1. The molecular weight excluding hydrogens is 454 g/mol. The number of thiophene rings is 1. The zero-order valence-electron chi connectivity index (χ0n) is 17.6. The van der Waals surface area contributed by atoms with Crippen LogP contribution in [0.25, 0.3) is 0 Å². The molecule has 2 heterocycles. The molecule has 4 rings (SSSR count). The number of fused-ring (bicyclic) bond motifs is 1. The Morgan fingerprint density at radius 1 is 1.28 bits per heavy atom. The molecule has 8 nitrogen and oxygen atoms in total. The number of nitrogens with one attached hydrogen (secondary N) is 2. The van der Waals surface area contributed by atoms with E-state index in [2.05, 4.69) is 10.6 Å². The minimum absolute atomic E-state index is 0.222. The number of imide groups is 1. The van der Waals surface area contributed by atoms with Crippen LogP contribution >= 0.6 is 22.9 Å². The standard InChI is InChI=1S/C22H22ClN3O5S/c1-3-31-19(28)17-12-7-6-10-15(12)32-18(17)24-16(27)11-26-20(29)22(2,25-21(26)30)13-8-4-5-9-14(13)23/h4-5,8-9H,3,6-7,10-11H2,1-2H3,(H,24,27)(H,25,30). The number of anilines is 1. The molecule has 1 saturated heterocycles. The van der Waals surface area contributed by atoms with Gasteiger partial charge in [0.15, 0.2) is 0 Å². The van der Waals surface area contributed by atoms with E-state index in [4.69, 9.17) is 16.3 Å². The summed E-state index contributed by atoms with van der Waals surface area (Å²) in [6, 6.07) is 6.04. The van der Waals surface area contributed by atoms with Gasteiger partial charge in [-0.15, -0.1) is 11.3 Å². The number of urea groups is 1. The molecule has 1 aromatic carbocycles. The van der Waals surface area contributed by atoms with Crippen LogP contribution in [0.3, 0.4) is 0 Å². The molecule has 1 aliphatic heterocycles. The van der Waals surface area contributed by atoms with Crippen LogP contribution in [0.1, 0.15) is 46.6 Å². The molecule has 2 aliphatic rings. The first-order chi connectivity index (χ1) is 15.3. The highest BCUT2D eigenvalue weighted by molar-refractivity contribution is 7.17. The number of amides is 4. The van der Waals surface area contributed by atoms with Crippen LogP contribution in [0.5, 0.6) is 0 Å². The van der Waals surface area contributed by atoms with E-state index in [9.17, 15) is 19.2 Å². The number of halogens is 1. The fourth-order valence-electron chi connectivity index (χ4n) is 4.11. The van der Waals surface area contributed by atoms with Crippen molar-refractivity contribution in [1.82, 2.24) is 10.2 Å². The van der Waals surface area contributed by atoms with E-state index < -0.39 is 35.9 Å². The topological polar surface area (TPSA) is 105 Å². The summed E-state index contributed by atoms with van der Waals surface area (Å²) in [7, 11) is 0. The molecule has 0 saturated carbocycles. The monoisotopic (exact) mass is 475 g/mol. The van der Waals surface area contributed by atoms with E-state index in [1.165, 1.54) is 11.3 Å². The van der Waals surface area contributed by atoms with Crippen LogP contribution in [0, 0.1) is 0 Å². The van der Waals surface area contributed by atoms with Crippen molar-refractivity contribution in [2.45, 2.75) is 38.6 Å². The summed E-state index contributed by atoms with van der Waals surface area (Å²) in [6.45, 7) is 3.00. The summed E-state index contributed by atoms with van der Waals surface area (Å²) in [5.74, 6) is -1.64. The summed E-state index contributed by atoms with van der Waals surface area (Å²) < 4.78 is 5.16. The zero-order chi connectivity index (χ0) is 23.0. The van der Waals surface area contributed by atoms with Crippen molar-refractivity contribution < 1.29 is 23.9 Å². The van der Waals surface area contributed by atoms with Crippen LogP contribution in [-0.2, 0) is 32.7 Å². The van der Waals surface area contributed by atoms with Gasteiger partial charge >= 0.3 is 12.0 Å². The van der Waals surface area contributed by atoms with Gasteiger partial charge in [-0.25, -0.2) is 9.59 Å². The third-order valence-corrected chi connectivity index (χ3v) is 7.18. The summed E-state index contributed by atoms with van der Waals surface area (Å²) >= 11 is 7.57. The number of benzene rings is 1. The van der Waals surface area contributed by atoms with E-state index in [-0.39, 0.29) is 6.61 Å². The lowest BCUT2D eigenvalue weighted by Crippen LogP contribution is -2.42. The Labute approximate surface area is 193 Å². The molecule has 2 aromatic rings. The van der Waals surface area contributed by atoms with Gasteiger partial charge in [-0.3, -0.25) is 14.5 Å². The highest BCUT2D eigenvalue weighted by atomic mass is 35.5. The molecule has 2 N–H and O–H groups in total. The van der Waals surface area contributed by atoms with Crippen LogP contribution < -0.4 is 10.6 Å². The lowest BCUT2D eigenvalue weighted by Gasteiger charge is -2.23. The average molecular weight is 476 g/mol. The van der Waals surface area contributed by atoms with Crippen LogP contribution in [-0.4, -0.2) is 41.9 Å². The Balaban J connectivity index is 1.53. The van der Waals surface area contributed by atoms with Gasteiger partial charge in [0, 0.05) is 15.5 Å². The number of ether oxygens (including phenoxy) is 1. The smallest absolute Gasteiger partial charge is 0.341 e. The Kier molecular flexibility index (Phi) is 5.96. The first-order valence-corrected chi connectivity index (χ1v) is 11.5. The minimum Gasteiger partial charge on any atom is -0.462 e. The fraction of sp³-hybridized carbons (Fsp3) is 0.364. The summed E-state index contributed by atoms with van der Waals surface area (Å²) in [6.07, 6.45) is 2.54. The molecule has 1 atom stereocenters. The maximum absolute atomic E-state index is 13.1. The van der Waals surface area contributed by atoms with E-state index in [1.54, 1.807) is 38.1 Å². The van der Waals surface area contributed by atoms with Gasteiger partial charge in [0.25, 0.3) is 5.91 Å². The van der Waals surface area contributed by atoms with E-state index in [0.29, 0.717) is 21.2 Å².